The van der Waals surface area contributed by atoms with E-state index >= 15 is 0 Å². The number of halogens is 1. The maximum absolute atomic E-state index is 12.5. The van der Waals surface area contributed by atoms with Crippen LogP contribution in [0.3, 0.4) is 0 Å². The number of aliphatic hydroxyl groups is 1. The van der Waals surface area contributed by atoms with E-state index in [1.54, 1.807) is 18.2 Å². The predicted octanol–water partition coefficient (Wildman–Crippen LogP) is 0.635. The molecule has 2 rings (SSSR count). The van der Waals surface area contributed by atoms with Gasteiger partial charge in [0.15, 0.2) is 0 Å². The summed E-state index contributed by atoms with van der Waals surface area (Å²) in [5, 5.41) is 10.1. The van der Waals surface area contributed by atoms with Crippen LogP contribution in [0.5, 0.6) is 0 Å². The third kappa shape index (κ3) is 2.78. The highest BCUT2D eigenvalue weighted by Gasteiger charge is 2.39. The lowest BCUT2D eigenvalue weighted by Gasteiger charge is -2.21. The van der Waals surface area contributed by atoms with Crippen molar-refractivity contribution >= 4 is 21.6 Å². The minimum Gasteiger partial charge on any atom is -0.390 e. The SMILES string of the molecule is CN(C)[C@H]1CN(S(=O)(=O)c2ccccc2Cl)C[C@@H]1O. The topological polar surface area (TPSA) is 60.9 Å². The molecule has 1 aliphatic rings. The van der Waals surface area contributed by atoms with Crippen molar-refractivity contribution in [2.75, 3.05) is 27.2 Å². The highest BCUT2D eigenvalue weighted by atomic mass is 35.5. The molecular formula is C12H17ClN2O3S. The summed E-state index contributed by atoms with van der Waals surface area (Å²) in [5.74, 6) is 0. The summed E-state index contributed by atoms with van der Waals surface area (Å²) >= 11 is 5.94. The molecule has 1 heterocycles. The number of nitrogens with zero attached hydrogens (tertiary/aromatic N) is 2. The molecule has 7 heteroatoms. The van der Waals surface area contributed by atoms with Crippen molar-refractivity contribution < 1.29 is 13.5 Å². The Morgan fingerprint density at radius 2 is 1.95 bits per heavy atom. The molecule has 106 valence electrons. The van der Waals surface area contributed by atoms with Crippen LogP contribution in [0.15, 0.2) is 29.2 Å². The fraction of sp³-hybridized carbons (Fsp3) is 0.500. The zero-order valence-electron chi connectivity index (χ0n) is 10.8. The standard InChI is InChI=1S/C12H17ClN2O3S/c1-14(2)10-7-15(8-11(10)16)19(17,18)12-6-4-3-5-9(12)13/h3-6,10-11,16H,7-8H2,1-2H3/t10-,11-/m0/s1. The number of likely N-dealkylation sites (N-methyl/N-ethyl adjacent to an activating group) is 1. The Morgan fingerprint density at radius 1 is 1.32 bits per heavy atom. The molecule has 1 N–H and O–H groups in total. The second-order valence-electron chi connectivity index (χ2n) is 4.85. The Labute approximate surface area is 118 Å². The smallest absolute Gasteiger partial charge is 0.244 e. The van der Waals surface area contributed by atoms with E-state index in [4.69, 9.17) is 11.6 Å². The largest absolute Gasteiger partial charge is 0.390 e. The van der Waals surface area contributed by atoms with Crippen LogP contribution in [-0.4, -0.2) is 62.1 Å². The summed E-state index contributed by atoms with van der Waals surface area (Å²) in [6.45, 7) is 0.359. The van der Waals surface area contributed by atoms with Crippen molar-refractivity contribution in [2.24, 2.45) is 0 Å². The molecule has 0 unspecified atom stereocenters. The first kappa shape index (κ1) is 14.7. The summed E-state index contributed by atoms with van der Waals surface area (Å²) in [7, 11) is -0.0161. The van der Waals surface area contributed by atoms with Crippen LogP contribution in [0.25, 0.3) is 0 Å². The molecule has 5 nitrogen and oxygen atoms in total. The quantitative estimate of drug-likeness (QED) is 0.890. The average molecular weight is 305 g/mol. The van der Waals surface area contributed by atoms with E-state index in [-0.39, 0.29) is 29.0 Å². The summed E-state index contributed by atoms with van der Waals surface area (Å²) in [5.41, 5.74) is 0. The van der Waals surface area contributed by atoms with Gasteiger partial charge in [-0.25, -0.2) is 8.42 Å². The fourth-order valence-corrected chi connectivity index (χ4v) is 4.20. The highest BCUT2D eigenvalue weighted by Crippen LogP contribution is 2.27. The summed E-state index contributed by atoms with van der Waals surface area (Å²) < 4.78 is 26.2. The molecule has 0 saturated carbocycles. The summed E-state index contributed by atoms with van der Waals surface area (Å²) in [6.07, 6.45) is -0.688. The van der Waals surface area contributed by atoms with Gasteiger partial charge < -0.3 is 10.0 Å². The van der Waals surface area contributed by atoms with Crippen LogP contribution in [0.2, 0.25) is 5.02 Å². The van der Waals surface area contributed by atoms with E-state index in [1.165, 1.54) is 10.4 Å². The lowest BCUT2D eigenvalue weighted by Crippen LogP contribution is -2.38. The number of hydrogen-bond acceptors (Lipinski definition) is 4. The Morgan fingerprint density at radius 3 is 2.47 bits per heavy atom. The van der Waals surface area contributed by atoms with Crippen molar-refractivity contribution in [3.05, 3.63) is 29.3 Å². The minimum atomic E-state index is -3.65. The molecule has 1 aromatic rings. The van der Waals surface area contributed by atoms with E-state index in [9.17, 15) is 13.5 Å². The molecule has 0 radical (unpaired) electrons. The van der Waals surface area contributed by atoms with Gasteiger partial charge in [0.1, 0.15) is 4.90 Å². The van der Waals surface area contributed by atoms with Gasteiger partial charge >= 0.3 is 0 Å². The van der Waals surface area contributed by atoms with E-state index in [0.717, 1.165) is 0 Å². The number of benzene rings is 1. The van der Waals surface area contributed by atoms with E-state index < -0.39 is 16.1 Å². The number of hydrogen-bond donors (Lipinski definition) is 1. The van der Waals surface area contributed by atoms with Gasteiger partial charge in [0.05, 0.1) is 17.2 Å². The van der Waals surface area contributed by atoms with Crippen LogP contribution in [0.1, 0.15) is 0 Å². The van der Waals surface area contributed by atoms with Gasteiger partial charge in [-0.05, 0) is 26.2 Å². The van der Waals surface area contributed by atoms with Crippen LogP contribution in [0.4, 0.5) is 0 Å². The van der Waals surface area contributed by atoms with Gasteiger partial charge in [-0.2, -0.15) is 4.31 Å². The monoisotopic (exact) mass is 304 g/mol. The van der Waals surface area contributed by atoms with Gasteiger partial charge in [0.25, 0.3) is 0 Å². The Hall–Kier alpha value is -0.660. The lowest BCUT2D eigenvalue weighted by molar-refractivity contribution is 0.113. The first-order valence-corrected chi connectivity index (χ1v) is 7.75. The highest BCUT2D eigenvalue weighted by molar-refractivity contribution is 7.89. The van der Waals surface area contributed by atoms with E-state index in [1.807, 2.05) is 19.0 Å². The third-order valence-electron chi connectivity index (χ3n) is 3.34. The Kier molecular flexibility index (Phi) is 4.17. The normalized spacial score (nSPS) is 25.1. The van der Waals surface area contributed by atoms with Crippen LogP contribution < -0.4 is 0 Å². The van der Waals surface area contributed by atoms with E-state index in [2.05, 4.69) is 0 Å². The number of rotatable bonds is 3. The number of sulfonamides is 1. The average Bonchev–Trinajstić information content (AvgIpc) is 2.72. The second kappa shape index (κ2) is 5.38. The van der Waals surface area contributed by atoms with Gasteiger partial charge in [0.2, 0.25) is 10.0 Å². The maximum atomic E-state index is 12.5. The first-order chi connectivity index (χ1) is 8.84. The van der Waals surface area contributed by atoms with Crippen LogP contribution in [-0.2, 0) is 10.0 Å². The molecule has 0 spiro atoms. The molecule has 0 aromatic heterocycles. The summed E-state index contributed by atoms with van der Waals surface area (Å²) in [6, 6.07) is 6.15. The van der Waals surface area contributed by atoms with Crippen LogP contribution in [0, 0.1) is 0 Å². The molecule has 0 bridgehead atoms. The summed E-state index contributed by atoms with van der Waals surface area (Å²) in [4.78, 5) is 1.91. The lowest BCUT2D eigenvalue weighted by atomic mass is 10.2. The zero-order chi connectivity index (χ0) is 14.2. The molecule has 1 aromatic carbocycles. The zero-order valence-corrected chi connectivity index (χ0v) is 12.4. The molecule has 19 heavy (non-hydrogen) atoms. The van der Waals surface area contributed by atoms with Gasteiger partial charge in [-0.15, -0.1) is 0 Å². The van der Waals surface area contributed by atoms with Crippen molar-refractivity contribution in [3.63, 3.8) is 0 Å². The van der Waals surface area contributed by atoms with Gasteiger partial charge in [-0.1, -0.05) is 23.7 Å². The molecule has 0 aliphatic carbocycles. The van der Waals surface area contributed by atoms with Crippen molar-refractivity contribution in [2.45, 2.75) is 17.0 Å². The Bertz CT molecular complexity index is 562. The van der Waals surface area contributed by atoms with Crippen molar-refractivity contribution in [1.29, 1.82) is 0 Å². The molecule has 1 fully saturated rings. The minimum absolute atomic E-state index is 0.0864. The van der Waals surface area contributed by atoms with Gasteiger partial charge in [0, 0.05) is 13.1 Å². The number of aliphatic hydroxyl groups excluding tert-OH is 1. The first-order valence-electron chi connectivity index (χ1n) is 5.93. The predicted molar refractivity (Wildman–Crippen MR) is 73.7 cm³/mol. The molecule has 2 atom stereocenters. The molecule has 1 saturated heterocycles. The van der Waals surface area contributed by atoms with Crippen LogP contribution >= 0.6 is 11.6 Å². The second-order valence-corrected chi connectivity index (χ2v) is 7.16. The van der Waals surface area contributed by atoms with E-state index in [0.29, 0.717) is 0 Å². The molecule has 1 aliphatic heterocycles. The molecule has 0 amide bonds. The maximum Gasteiger partial charge on any atom is 0.244 e. The van der Waals surface area contributed by atoms with Crippen molar-refractivity contribution in [1.82, 2.24) is 9.21 Å². The fourth-order valence-electron chi connectivity index (χ4n) is 2.23. The molecular weight excluding hydrogens is 288 g/mol. The number of β-amino-alcohol motifs (C(OH)–C–C–N with tert-alkyl or cyclic N) is 1. The Balaban J connectivity index is 2.30. The third-order valence-corrected chi connectivity index (χ3v) is 5.67. The van der Waals surface area contributed by atoms with Crippen molar-refractivity contribution in [3.8, 4) is 0 Å². The van der Waals surface area contributed by atoms with Gasteiger partial charge in [-0.3, -0.25) is 0 Å².